The molecule has 0 aromatic rings. The van der Waals surface area contributed by atoms with Crippen LogP contribution in [0.4, 0.5) is 0 Å². The number of hydrogen-bond acceptors (Lipinski definition) is 3. The molecule has 9 heavy (non-hydrogen) atoms. The number of methoxy groups -OCH3 is 1. The maximum Gasteiger partial charge on any atom is 0.315 e. The molecule has 0 radical (unpaired) electrons. The molecule has 4 nitrogen and oxygen atoms in total. The second-order valence-corrected chi connectivity index (χ2v) is 1.43. The Morgan fingerprint density at radius 1 is 1.67 bits per heavy atom. The van der Waals surface area contributed by atoms with Gasteiger partial charge in [-0.1, -0.05) is 0 Å². The number of ether oxygens (including phenoxy) is 1. The summed E-state index contributed by atoms with van der Waals surface area (Å²) in [4.78, 5) is 20.7. The van der Waals surface area contributed by atoms with Gasteiger partial charge in [0.1, 0.15) is 6.42 Å². The van der Waals surface area contributed by atoms with E-state index in [1.54, 1.807) is 0 Å². The predicted octanol–water partition coefficient (Wildman–Crippen LogP) is -0.459. The second-order valence-electron chi connectivity index (χ2n) is 1.43. The Morgan fingerprint density at radius 3 is 2.56 bits per heavy atom. The summed E-state index contributed by atoms with van der Waals surface area (Å²) >= 11 is 0. The van der Waals surface area contributed by atoms with Crippen LogP contribution in [0.5, 0.6) is 0 Å². The van der Waals surface area contributed by atoms with E-state index < -0.39 is 5.97 Å². The highest BCUT2D eigenvalue weighted by Gasteiger charge is 2.05. The van der Waals surface area contributed by atoms with Gasteiger partial charge >= 0.3 is 5.97 Å². The lowest BCUT2D eigenvalue weighted by Crippen LogP contribution is -2.21. The number of rotatable bonds is 2. The van der Waals surface area contributed by atoms with Crippen molar-refractivity contribution in [3.8, 4) is 0 Å². The lowest BCUT2D eigenvalue weighted by molar-refractivity contribution is -0.143. The molecule has 0 spiro atoms. The molecule has 4 heteroatoms. The highest BCUT2D eigenvalue weighted by atomic mass is 16.5. The van der Waals surface area contributed by atoms with Crippen molar-refractivity contribution in [3.05, 3.63) is 0 Å². The molecule has 0 aliphatic rings. The van der Waals surface area contributed by atoms with Gasteiger partial charge in [0, 0.05) is 8.47 Å². The molecule has 1 amide bonds. The van der Waals surface area contributed by atoms with Crippen molar-refractivity contribution in [1.82, 2.24) is 5.32 Å². The van der Waals surface area contributed by atoms with Gasteiger partial charge < -0.3 is 10.1 Å². The van der Waals surface area contributed by atoms with Crippen LogP contribution in [0.15, 0.2) is 0 Å². The average molecular weight is 133 g/mol. The third-order valence-corrected chi connectivity index (χ3v) is 0.811. The zero-order chi connectivity index (χ0) is 7.28. The Hall–Kier alpha value is -1.06. The third kappa shape index (κ3) is 3.52. The van der Waals surface area contributed by atoms with E-state index in [9.17, 15) is 9.59 Å². The molecule has 0 unspecified atom stereocenters. The minimum absolute atomic E-state index is 0. The molecule has 0 bridgehead atoms. The first-order valence-corrected chi connectivity index (χ1v) is 2.48. The van der Waals surface area contributed by atoms with Crippen molar-refractivity contribution in [2.45, 2.75) is 6.42 Å². The van der Waals surface area contributed by atoms with Crippen LogP contribution < -0.4 is 5.32 Å². The van der Waals surface area contributed by atoms with Gasteiger partial charge in [-0.2, -0.15) is 0 Å². The van der Waals surface area contributed by atoms with Gasteiger partial charge in [0.2, 0.25) is 5.91 Å². The number of amides is 1. The van der Waals surface area contributed by atoms with E-state index in [4.69, 9.17) is 0 Å². The molecule has 0 saturated heterocycles. The number of esters is 1. The number of carbonyl (C=O) groups is 2. The van der Waals surface area contributed by atoms with E-state index >= 15 is 0 Å². The molecule has 0 aromatic heterocycles. The largest absolute Gasteiger partial charge is 0.469 e. The van der Waals surface area contributed by atoms with Crippen molar-refractivity contribution in [2.24, 2.45) is 0 Å². The molecular formula is C5H11NO3. The van der Waals surface area contributed by atoms with Crippen LogP contribution >= 0.6 is 0 Å². The topological polar surface area (TPSA) is 55.4 Å². The molecule has 0 aliphatic heterocycles. The zero-order valence-corrected chi connectivity index (χ0v) is 5.43. The number of hydrogen-bond donors (Lipinski definition) is 1. The van der Waals surface area contributed by atoms with Crippen LogP contribution in [0, 0.1) is 0 Å². The van der Waals surface area contributed by atoms with Crippen molar-refractivity contribution < 1.29 is 15.8 Å². The first-order valence-electron chi connectivity index (χ1n) is 2.48. The van der Waals surface area contributed by atoms with E-state index in [-0.39, 0.29) is 13.8 Å². The van der Waals surface area contributed by atoms with Gasteiger partial charge in [-0.15, -0.1) is 0 Å². The quantitative estimate of drug-likeness (QED) is 0.409. The second kappa shape index (κ2) is 3.88. The van der Waals surface area contributed by atoms with Crippen LogP contribution in [-0.2, 0) is 14.3 Å². The Labute approximate surface area is 54.7 Å². The normalized spacial score (nSPS) is 8.22. The van der Waals surface area contributed by atoms with Crippen molar-refractivity contribution in [2.75, 3.05) is 14.2 Å². The summed E-state index contributed by atoms with van der Waals surface area (Å²) < 4.78 is 4.22. The summed E-state index contributed by atoms with van der Waals surface area (Å²) in [5.74, 6) is -0.851. The van der Waals surface area contributed by atoms with Crippen LogP contribution in [-0.4, -0.2) is 26.0 Å². The van der Waals surface area contributed by atoms with Gasteiger partial charge in [0.25, 0.3) is 0 Å². The Kier molecular flexibility index (Phi) is 3.43. The predicted molar refractivity (Wildman–Crippen MR) is 32.8 cm³/mol. The third-order valence-electron chi connectivity index (χ3n) is 0.811. The van der Waals surface area contributed by atoms with Crippen molar-refractivity contribution >= 4 is 11.9 Å². The van der Waals surface area contributed by atoms with Gasteiger partial charge in [-0.25, -0.2) is 0 Å². The Morgan fingerprint density at radius 2 is 2.22 bits per heavy atom. The van der Waals surface area contributed by atoms with Crippen LogP contribution in [0.25, 0.3) is 0 Å². The van der Waals surface area contributed by atoms with Crippen LogP contribution in [0.1, 0.15) is 7.85 Å². The summed E-state index contributed by atoms with van der Waals surface area (Å²) in [5.41, 5.74) is 0. The highest BCUT2D eigenvalue weighted by molar-refractivity contribution is 5.93. The standard InChI is InChI=1S/C5H9NO3.H2/c1-6-4(7)3-5(8)9-2;/h3H2,1-2H3,(H,6,7);1H. The fourth-order valence-corrected chi connectivity index (χ4v) is 0.292. The lowest BCUT2D eigenvalue weighted by Gasteiger charge is -1.95. The van der Waals surface area contributed by atoms with Gasteiger partial charge in [0.05, 0.1) is 7.11 Å². The molecule has 0 atom stereocenters. The summed E-state index contributed by atoms with van der Waals surface area (Å²) in [6, 6.07) is 0. The Bertz CT molecular complexity index is 112. The van der Waals surface area contributed by atoms with Gasteiger partial charge in [0.15, 0.2) is 0 Å². The number of nitrogens with one attached hydrogen (secondary N) is 1. The smallest absolute Gasteiger partial charge is 0.315 e. The maximum absolute atomic E-state index is 10.4. The molecule has 0 saturated carbocycles. The zero-order valence-electron chi connectivity index (χ0n) is 5.43. The van der Waals surface area contributed by atoms with E-state index in [0.29, 0.717) is 0 Å². The summed E-state index contributed by atoms with van der Waals surface area (Å²) in [7, 11) is 2.70. The minimum Gasteiger partial charge on any atom is -0.469 e. The fourth-order valence-electron chi connectivity index (χ4n) is 0.292. The summed E-state index contributed by atoms with van der Waals surface area (Å²) in [6.45, 7) is 0. The summed E-state index contributed by atoms with van der Waals surface area (Å²) in [5, 5.41) is 2.29. The van der Waals surface area contributed by atoms with Crippen molar-refractivity contribution in [1.29, 1.82) is 0 Å². The summed E-state index contributed by atoms with van der Waals surface area (Å²) in [6.07, 6.45) is -0.201. The fraction of sp³-hybridized carbons (Fsp3) is 0.600. The van der Waals surface area contributed by atoms with Crippen LogP contribution in [0.2, 0.25) is 0 Å². The van der Waals surface area contributed by atoms with E-state index in [1.165, 1.54) is 14.2 Å². The van der Waals surface area contributed by atoms with Crippen molar-refractivity contribution in [3.63, 3.8) is 0 Å². The minimum atomic E-state index is -0.519. The number of carbonyl (C=O) groups excluding carboxylic acids is 2. The molecule has 0 aromatic carbocycles. The molecule has 1 N–H and O–H groups in total. The molecule has 0 heterocycles. The van der Waals surface area contributed by atoms with Crippen LogP contribution in [0.3, 0.4) is 0 Å². The van der Waals surface area contributed by atoms with E-state index in [0.717, 1.165) is 0 Å². The SMILES string of the molecule is CNC(=O)CC(=O)OC.[HH]. The van der Waals surface area contributed by atoms with E-state index in [2.05, 4.69) is 10.1 Å². The lowest BCUT2D eigenvalue weighted by atomic mass is 10.4. The first-order chi connectivity index (χ1) is 4.20. The van der Waals surface area contributed by atoms with Gasteiger partial charge in [-0.3, -0.25) is 9.59 Å². The molecule has 0 aliphatic carbocycles. The molecule has 54 valence electrons. The highest BCUT2D eigenvalue weighted by Crippen LogP contribution is 1.81. The van der Waals surface area contributed by atoms with Gasteiger partial charge in [-0.05, 0) is 0 Å². The molecular weight excluding hydrogens is 122 g/mol. The Balaban J connectivity index is 0. The molecule has 0 fully saturated rings. The first kappa shape index (κ1) is 7.94. The molecule has 0 rings (SSSR count). The maximum atomic E-state index is 10.4. The van der Waals surface area contributed by atoms with E-state index in [1.807, 2.05) is 0 Å². The monoisotopic (exact) mass is 133 g/mol. The average Bonchev–Trinajstić information content (AvgIpc) is 1.87.